The fourth-order valence-corrected chi connectivity index (χ4v) is 7.18. The average Bonchev–Trinajstić information content (AvgIpc) is 3.75. The van der Waals surface area contributed by atoms with Gasteiger partial charge < -0.3 is 20.6 Å². The molecule has 0 bridgehead atoms. The molecule has 1 saturated carbocycles. The summed E-state index contributed by atoms with van der Waals surface area (Å²) in [5, 5.41) is 16.3. The molecule has 0 radical (unpaired) electrons. The van der Waals surface area contributed by atoms with Crippen molar-refractivity contribution in [2.75, 3.05) is 10.6 Å². The van der Waals surface area contributed by atoms with E-state index in [1.807, 2.05) is 64.7 Å². The van der Waals surface area contributed by atoms with E-state index in [4.69, 9.17) is 15.1 Å². The summed E-state index contributed by atoms with van der Waals surface area (Å²) in [7, 11) is 0. The standard InChI is InChI=1S/C39H40N10O2/c1-25-21-44-48-34(42-22-27-13-15-40-36(50)17-27)20-33(46-38(25)48)30-10-7-26(8-11-30)9-12-31-24-45-49-35(43-23-28-14-16-41-37(51)18-28)19-32(47-39(31)49)29-5-3-2-4-6-29/h2-6,13-21,24,26,30,42-43H,7-12,22-23H2,1H3,(H,40,50)(H,41,51). The number of hydrogen-bond acceptors (Lipinski definition) is 8. The predicted octanol–water partition coefficient (Wildman–Crippen LogP) is 6.25. The maximum Gasteiger partial charge on any atom is 0.248 e. The second-order valence-electron chi connectivity index (χ2n) is 13.5. The first kappa shape index (κ1) is 32.2. The molecule has 0 atom stereocenters. The average molecular weight is 681 g/mol. The van der Waals surface area contributed by atoms with Crippen LogP contribution < -0.4 is 21.8 Å². The van der Waals surface area contributed by atoms with Crippen LogP contribution in [0.25, 0.3) is 22.6 Å². The van der Waals surface area contributed by atoms with Gasteiger partial charge >= 0.3 is 0 Å². The van der Waals surface area contributed by atoms with Gasteiger partial charge in [-0.2, -0.15) is 19.2 Å². The van der Waals surface area contributed by atoms with Crippen LogP contribution >= 0.6 is 0 Å². The molecule has 1 aliphatic rings. The first-order chi connectivity index (χ1) is 25.0. The second-order valence-corrected chi connectivity index (χ2v) is 13.5. The lowest BCUT2D eigenvalue weighted by Gasteiger charge is -2.28. The molecule has 0 unspecified atom stereocenters. The SMILES string of the molecule is Cc1cnn2c(NCc3cc[nH]c(=O)c3)cc(C3CCC(CCc4cnn5c(NCc6cc[nH]c(=O)c6)cc(-c6ccccc6)nc45)CC3)nc12. The summed E-state index contributed by atoms with van der Waals surface area (Å²) in [6, 6.07) is 21.4. The van der Waals surface area contributed by atoms with Gasteiger partial charge in [0.1, 0.15) is 11.6 Å². The Bertz CT molecular complexity index is 2420. The lowest BCUT2D eigenvalue weighted by atomic mass is 9.78. The summed E-state index contributed by atoms with van der Waals surface area (Å²) in [4.78, 5) is 39.2. The maximum absolute atomic E-state index is 11.9. The zero-order chi connectivity index (χ0) is 34.7. The number of aromatic amines is 2. The zero-order valence-corrected chi connectivity index (χ0v) is 28.5. The minimum absolute atomic E-state index is 0.114. The van der Waals surface area contributed by atoms with Crippen molar-refractivity contribution in [2.45, 2.75) is 64.5 Å². The molecule has 0 amide bonds. The van der Waals surface area contributed by atoms with Crippen molar-refractivity contribution in [1.29, 1.82) is 0 Å². The number of H-pyrrole nitrogens is 2. The van der Waals surface area contributed by atoms with Crippen LogP contribution in [0.2, 0.25) is 0 Å². The Hall–Kier alpha value is -6.04. The Labute approximate surface area is 294 Å². The summed E-state index contributed by atoms with van der Waals surface area (Å²) in [5.74, 6) is 2.69. The number of rotatable bonds is 11. The molecule has 1 aliphatic carbocycles. The molecule has 258 valence electrons. The van der Waals surface area contributed by atoms with Gasteiger partial charge in [0.05, 0.1) is 18.1 Å². The number of aromatic nitrogens is 8. The summed E-state index contributed by atoms with van der Waals surface area (Å²) in [5.41, 5.74) is 8.46. The molecular weight excluding hydrogens is 640 g/mol. The van der Waals surface area contributed by atoms with Gasteiger partial charge in [-0.05, 0) is 74.6 Å². The predicted molar refractivity (Wildman–Crippen MR) is 198 cm³/mol. The van der Waals surface area contributed by atoms with Crippen LogP contribution in [0.1, 0.15) is 66.0 Å². The van der Waals surface area contributed by atoms with Crippen LogP contribution in [0.3, 0.4) is 0 Å². The topological polar surface area (TPSA) is 150 Å². The van der Waals surface area contributed by atoms with E-state index >= 15 is 0 Å². The molecule has 7 aromatic rings. The third-order valence-electron chi connectivity index (χ3n) is 10.00. The number of nitrogens with zero attached hydrogens (tertiary/aromatic N) is 6. The molecule has 4 N–H and O–H groups in total. The number of hydrogen-bond donors (Lipinski definition) is 4. The van der Waals surface area contributed by atoms with Gasteiger partial charge in [-0.15, -0.1) is 0 Å². The van der Waals surface area contributed by atoms with Gasteiger partial charge in [0.15, 0.2) is 11.3 Å². The molecule has 12 heteroatoms. The second kappa shape index (κ2) is 14.1. The Morgan fingerprint density at radius 1 is 0.745 bits per heavy atom. The van der Waals surface area contributed by atoms with Crippen LogP contribution in [0, 0.1) is 12.8 Å². The smallest absolute Gasteiger partial charge is 0.248 e. The first-order valence-corrected chi connectivity index (χ1v) is 17.6. The summed E-state index contributed by atoms with van der Waals surface area (Å²) < 4.78 is 3.74. The highest BCUT2D eigenvalue weighted by atomic mass is 16.1. The number of aryl methyl sites for hydroxylation is 2. The molecule has 0 spiro atoms. The van der Waals surface area contributed by atoms with Crippen LogP contribution in [-0.4, -0.2) is 39.2 Å². The van der Waals surface area contributed by atoms with Crippen molar-refractivity contribution in [3.8, 4) is 11.3 Å². The lowest BCUT2D eigenvalue weighted by molar-refractivity contribution is 0.308. The van der Waals surface area contributed by atoms with Gasteiger partial charge in [0, 0.05) is 78.1 Å². The Morgan fingerprint density at radius 2 is 1.39 bits per heavy atom. The van der Waals surface area contributed by atoms with Gasteiger partial charge in [0.2, 0.25) is 11.1 Å². The molecule has 12 nitrogen and oxygen atoms in total. The zero-order valence-electron chi connectivity index (χ0n) is 28.5. The maximum atomic E-state index is 11.9. The third-order valence-corrected chi connectivity index (χ3v) is 10.00. The number of anilines is 2. The quantitative estimate of drug-likeness (QED) is 0.125. The molecule has 0 saturated heterocycles. The van der Waals surface area contributed by atoms with Gasteiger partial charge in [-0.25, -0.2) is 9.97 Å². The minimum atomic E-state index is -0.124. The van der Waals surface area contributed by atoms with Crippen LogP contribution in [-0.2, 0) is 19.5 Å². The van der Waals surface area contributed by atoms with E-state index in [1.54, 1.807) is 24.5 Å². The van der Waals surface area contributed by atoms with Gasteiger partial charge in [-0.1, -0.05) is 30.3 Å². The Kier molecular flexibility index (Phi) is 8.87. The molecule has 8 rings (SSSR count). The highest BCUT2D eigenvalue weighted by molar-refractivity contribution is 5.68. The third kappa shape index (κ3) is 7.03. The van der Waals surface area contributed by atoms with E-state index in [1.165, 1.54) is 0 Å². The van der Waals surface area contributed by atoms with E-state index < -0.39 is 0 Å². The fraction of sp³-hybridized carbons (Fsp3) is 0.282. The number of fused-ring (bicyclic) bond motifs is 2. The van der Waals surface area contributed by atoms with Crippen molar-refractivity contribution in [3.05, 3.63) is 140 Å². The summed E-state index contributed by atoms with van der Waals surface area (Å²) >= 11 is 0. The summed E-state index contributed by atoms with van der Waals surface area (Å²) in [6.07, 6.45) is 13.5. The number of benzene rings is 1. The minimum Gasteiger partial charge on any atom is -0.366 e. The van der Waals surface area contributed by atoms with E-state index in [-0.39, 0.29) is 11.1 Å². The van der Waals surface area contributed by atoms with Crippen LogP contribution in [0.4, 0.5) is 11.6 Å². The molecule has 1 aromatic carbocycles. The van der Waals surface area contributed by atoms with E-state index in [2.05, 4.69) is 43.9 Å². The number of pyridine rings is 2. The van der Waals surface area contributed by atoms with Gasteiger partial charge in [-0.3, -0.25) is 9.59 Å². The van der Waals surface area contributed by atoms with Crippen molar-refractivity contribution in [3.63, 3.8) is 0 Å². The molecule has 6 heterocycles. The van der Waals surface area contributed by atoms with E-state index in [9.17, 15) is 9.59 Å². The molecule has 51 heavy (non-hydrogen) atoms. The molecular formula is C39H40N10O2. The van der Waals surface area contributed by atoms with E-state index in [0.29, 0.717) is 24.9 Å². The largest absolute Gasteiger partial charge is 0.366 e. The fourth-order valence-electron chi connectivity index (χ4n) is 7.18. The first-order valence-electron chi connectivity index (χ1n) is 17.6. The number of nitrogens with one attached hydrogen (secondary N) is 4. The normalized spacial score (nSPS) is 16.1. The Morgan fingerprint density at radius 3 is 2.08 bits per heavy atom. The van der Waals surface area contributed by atoms with Crippen molar-refractivity contribution in [2.24, 2.45) is 5.92 Å². The van der Waals surface area contributed by atoms with Crippen molar-refractivity contribution in [1.82, 2.24) is 39.2 Å². The van der Waals surface area contributed by atoms with Crippen molar-refractivity contribution >= 4 is 22.9 Å². The van der Waals surface area contributed by atoms with Crippen molar-refractivity contribution < 1.29 is 0 Å². The van der Waals surface area contributed by atoms with E-state index in [0.717, 1.165) is 101 Å². The Balaban J connectivity index is 0.964. The highest BCUT2D eigenvalue weighted by Crippen LogP contribution is 2.38. The summed E-state index contributed by atoms with van der Waals surface area (Å²) in [6.45, 7) is 3.05. The monoisotopic (exact) mass is 680 g/mol. The molecule has 6 aromatic heterocycles. The van der Waals surface area contributed by atoms with Crippen LogP contribution in [0.15, 0.2) is 101 Å². The molecule has 0 aliphatic heterocycles. The lowest BCUT2D eigenvalue weighted by Crippen LogP contribution is -2.16. The highest BCUT2D eigenvalue weighted by Gasteiger charge is 2.25. The van der Waals surface area contributed by atoms with Gasteiger partial charge in [0.25, 0.3) is 0 Å². The molecule has 1 fully saturated rings. The van der Waals surface area contributed by atoms with Crippen LogP contribution in [0.5, 0.6) is 0 Å².